The zero-order valence-corrected chi connectivity index (χ0v) is 15.1. The van der Waals surface area contributed by atoms with Gasteiger partial charge in [0.15, 0.2) is 4.96 Å². The molecule has 26 heavy (non-hydrogen) atoms. The molecule has 0 aliphatic carbocycles. The molecule has 0 aliphatic rings. The lowest BCUT2D eigenvalue weighted by molar-refractivity contribution is 0.102. The van der Waals surface area contributed by atoms with E-state index < -0.39 is 5.91 Å². The van der Waals surface area contributed by atoms with Gasteiger partial charge in [-0.1, -0.05) is 35.1 Å². The van der Waals surface area contributed by atoms with Crippen LogP contribution in [0, 0.1) is 0 Å². The molecule has 1 amide bonds. The zero-order chi connectivity index (χ0) is 18.3. The summed E-state index contributed by atoms with van der Waals surface area (Å²) in [5, 5.41) is 3.21. The molecule has 8 heteroatoms. The number of carbonyl (C=O) groups excluding carboxylic acids is 1. The molecule has 130 valence electrons. The number of amides is 1. The lowest BCUT2D eigenvalue weighted by atomic mass is 10.2. The molecule has 2 aromatic heterocycles. The van der Waals surface area contributed by atoms with Crippen molar-refractivity contribution < 1.29 is 9.53 Å². The Labute approximate surface area is 156 Å². The quantitative estimate of drug-likeness (QED) is 0.581. The predicted molar refractivity (Wildman–Crippen MR) is 103 cm³/mol. The second kappa shape index (κ2) is 6.44. The van der Waals surface area contributed by atoms with Gasteiger partial charge in [0.1, 0.15) is 11.4 Å². The number of fused-ring (bicyclic) bond motifs is 3. The topological polar surface area (TPSA) is 72.7 Å². The number of benzene rings is 2. The van der Waals surface area contributed by atoms with Gasteiger partial charge in [0.05, 0.1) is 29.1 Å². The molecule has 0 unspecified atom stereocenters. The molecule has 6 nitrogen and oxygen atoms in total. The van der Waals surface area contributed by atoms with Crippen molar-refractivity contribution in [2.45, 2.75) is 0 Å². The van der Waals surface area contributed by atoms with E-state index in [1.165, 1.54) is 29.0 Å². The Hall–Kier alpha value is -2.90. The molecule has 0 fully saturated rings. The van der Waals surface area contributed by atoms with Crippen molar-refractivity contribution >= 4 is 49.7 Å². The summed E-state index contributed by atoms with van der Waals surface area (Å²) in [7, 11) is 1.48. The summed E-state index contributed by atoms with van der Waals surface area (Å²) in [6, 6.07) is 12.0. The normalized spacial score (nSPS) is 11.0. The maximum atomic E-state index is 12.9. The monoisotopic (exact) mass is 385 g/mol. The molecule has 4 aromatic rings. The van der Waals surface area contributed by atoms with E-state index in [1.807, 2.05) is 0 Å². The third-order valence-electron chi connectivity index (χ3n) is 3.89. The summed E-state index contributed by atoms with van der Waals surface area (Å²) >= 11 is 7.37. The first-order chi connectivity index (χ1) is 12.6. The highest BCUT2D eigenvalue weighted by Gasteiger charge is 2.16. The smallest absolute Gasteiger partial charge is 0.282 e. The van der Waals surface area contributed by atoms with Gasteiger partial charge in [-0.05, 0) is 30.3 Å². The number of halogens is 1. The van der Waals surface area contributed by atoms with Gasteiger partial charge in [-0.15, -0.1) is 0 Å². The summed E-state index contributed by atoms with van der Waals surface area (Å²) in [4.78, 5) is 30.2. The number of nitrogens with zero attached hydrogens (tertiary/aromatic N) is 2. The Morgan fingerprint density at radius 3 is 2.88 bits per heavy atom. The van der Waals surface area contributed by atoms with Crippen LogP contribution < -0.4 is 15.6 Å². The first-order valence-electron chi connectivity index (χ1n) is 7.62. The number of aromatic nitrogens is 2. The lowest BCUT2D eigenvalue weighted by Gasteiger charge is -2.08. The van der Waals surface area contributed by atoms with E-state index in [0.29, 0.717) is 26.8 Å². The standard InChI is InChI=1S/C18H12ClN3O3S/c1-25-14-5-3-2-4-11(14)16(23)21-12-9-20-18-22(17(12)24)13-7-6-10(19)8-15(13)26-18/h2-9H,1H3,(H,21,23). The fraction of sp³-hybridized carbons (Fsp3) is 0.0556. The van der Waals surface area contributed by atoms with Crippen LogP contribution in [0.4, 0.5) is 5.69 Å². The first kappa shape index (κ1) is 16.6. The SMILES string of the molecule is COc1ccccc1C(=O)Nc1cnc2sc3cc(Cl)ccc3n2c1=O. The minimum Gasteiger partial charge on any atom is -0.496 e. The van der Waals surface area contributed by atoms with E-state index in [4.69, 9.17) is 16.3 Å². The van der Waals surface area contributed by atoms with Crippen molar-refractivity contribution in [3.63, 3.8) is 0 Å². The van der Waals surface area contributed by atoms with Gasteiger partial charge in [0.25, 0.3) is 11.5 Å². The Bertz CT molecular complexity index is 1220. The maximum Gasteiger partial charge on any atom is 0.282 e. The molecular formula is C18H12ClN3O3S. The van der Waals surface area contributed by atoms with Crippen molar-refractivity contribution in [3.05, 3.63) is 69.6 Å². The van der Waals surface area contributed by atoms with E-state index in [9.17, 15) is 9.59 Å². The van der Waals surface area contributed by atoms with Crippen molar-refractivity contribution in [1.29, 1.82) is 0 Å². The van der Waals surface area contributed by atoms with Crippen LogP contribution in [-0.2, 0) is 0 Å². The lowest BCUT2D eigenvalue weighted by Crippen LogP contribution is -2.23. The average Bonchev–Trinajstić information content (AvgIpc) is 3.02. The number of ether oxygens (including phenoxy) is 1. The molecule has 0 bridgehead atoms. The molecule has 2 aromatic carbocycles. The number of hydrogen-bond donors (Lipinski definition) is 1. The number of hydrogen-bond acceptors (Lipinski definition) is 5. The highest BCUT2D eigenvalue weighted by atomic mass is 35.5. The molecule has 1 N–H and O–H groups in total. The first-order valence-corrected chi connectivity index (χ1v) is 8.82. The number of nitrogens with one attached hydrogen (secondary N) is 1. The third-order valence-corrected chi connectivity index (χ3v) is 5.15. The van der Waals surface area contributed by atoms with Gasteiger partial charge in [-0.2, -0.15) is 0 Å². The number of rotatable bonds is 3. The highest BCUT2D eigenvalue weighted by molar-refractivity contribution is 7.23. The summed E-state index contributed by atoms with van der Waals surface area (Å²) in [6.45, 7) is 0. The Balaban J connectivity index is 1.80. The number of methoxy groups -OCH3 is 1. The fourth-order valence-corrected chi connectivity index (χ4v) is 3.95. The molecule has 0 spiro atoms. The van der Waals surface area contributed by atoms with Crippen molar-refractivity contribution in [2.24, 2.45) is 0 Å². The summed E-state index contributed by atoms with van der Waals surface area (Å²) in [6.07, 6.45) is 1.36. The van der Waals surface area contributed by atoms with Gasteiger partial charge in [-0.25, -0.2) is 9.38 Å². The highest BCUT2D eigenvalue weighted by Crippen LogP contribution is 2.27. The maximum absolute atomic E-state index is 12.9. The van der Waals surface area contributed by atoms with Crippen LogP contribution in [0.2, 0.25) is 5.02 Å². The van der Waals surface area contributed by atoms with Gasteiger partial charge < -0.3 is 10.1 Å². The predicted octanol–water partition coefficient (Wildman–Crippen LogP) is 3.82. The van der Waals surface area contributed by atoms with E-state index in [2.05, 4.69) is 10.3 Å². The second-order valence-corrected chi connectivity index (χ2v) is 6.91. The van der Waals surface area contributed by atoms with E-state index >= 15 is 0 Å². The van der Waals surface area contributed by atoms with Crippen LogP contribution in [-0.4, -0.2) is 22.4 Å². The van der Waals surface area contributed by atoms with Crippen molar-refractivity contribution in [1.82, 2.24) is 9.38 Å². The van der Waals surface area contributed by atoms with Crippen LogP contribution >= 0.6 is 22.9 Å². The average molecular weight is 386 g/mol. The van der Waals surface area contributed by atoms with Gasteiger partial charge in [0.2, 0.25) is 0 Å². The van der Waals surface area contributed by atoms with E-state index in [1.54, 1.807) is 42.5 Å². The van der Waals surface area contributed by atoms with Crippen LogP contribution in [0.15, 0.2) is 53.5 Å². The number of para-hydroxylation sites is 1. The fourth-order valence-electron chi connectivity index (χ4n) is 2.68. The van der Waals surface area contributed by atoms with Gasteiger partial charge in [-0.3, -0.25) is 9.59 Å². The van der Waals surface area contributed by atoms with Crippen LogP contribution in [0.25, 0.3) is 15.2 Å². The van der Waals surface area contributed by atoms with Crippen LogP contribution in [0.1, 0.15) is 10.4 Å². The molecule has 0 aliphatic heterocycles. The molecular weight excluding hydrogens is 374 g/mol. The van der Waals surface area contributed by atoms with Crippen molar-refractivity contribution in [3.8, 4) is 5.75 Å². The molecule has 0 radical (unpaired) electrons. The number of thiazole rings is 1. The van der Waals surface area contributed by atoms with Crippen molar-refractivity contribution in [2.75, 3.05) is 12.4 Å². The van der Waals surface area contributed by atoms with Crippen LogP contribution in [0.5, 0.6) is 5.75 Å². The Morgan fingerprint density at radius 1 is 1.27 bits per heavy atom. The largest absolute Gasteiger partial charge is 0.496 e. The molecule has 2 heterocycles. The second-order valence-electron chi connectivity index (χ2n) is 5.46. The van der Waals surface area contributed by atoms with Gasteiger partial charge >= 0.3 is 0 Å². The zero-order valence-electron chi connectivity index (χ0n) is 13.5. The Morgan fingerprint density at radius 2 is 2.08 bits per heavy atom. The molecule has 4 rings (SSSR count). The minimum absolute atomic E-state index is 0.0908. The van der Waals surface area contributed by atoms with Crippen LogP contribution in [0.3, 0.4) is 0 Å². The third kappa shape index (κ3) is 2.71. The minimum atomic E-state index is -0.441. The summed E-state index contributed by atoms with van der Waals surface area (Å²) in [5.41, 5.74) is 0.765. The molecule has 0 saturated carbocycles. The van der Waals surface area contributed by atoms with E-state index in [-0.39, 0.29) is 11.2 Å². The molecule has 0 atom stereocenters. The summed E-state index contributed by atoms with van der Waals surface area (Å²) < 4.78 is 7.50. The summed E-state index contributed by atoms with van der Waals surface area (Å²) in [5.74, 6) is -0.0151. The number of carbonyl (C=O) groups is 1. The Kier molecular flexibility index (Phi) is 4.10. The van der Waals surface area contributed by atoms with E-state index in [0.717, 1.165) is 4.70 Å². The van der Waals surface area contributed by atoms with Gasteiger partial charge in [0, 0.05) is 5.02 Å². The number of anilines is 1. The molecule has 0 saturated heterocycles.